The van der Waals surface area contributed by atoms with Gasteiger partial charge in [-0.15, -0.1) is 11.3 Å². The van der Waals surface area contributed by atoms with Gasteiger partial charge >= 0.3 is 12.0 Å². The number of carbonyl (C=O) groups excluding carboxylic acids is 1. The van der Waals surface area contributed by atoms with Crippen molar-refractivity contribution in [3.8, 4) is 0 Å². The molecule has 0 spiro atoms. The summed E-state index contributed by atoms with van der Waals surface area (Å²) in [5, 5.41) is 10.3. The number of nitrogens with one attached hydrogen (secondary N) is 1. The zero-order valence-electron chi connectivity index (χ0n) is 18.7. The third-order valence-corrected chi connectivity index (χ3v) is 9.38. The molecule has 1 fully saturated rings. The molecule has 1 aliphatic rings. The fourth-order valence-corrected chi connectivity index (χ4v) is 6.35. The van der Waals surface area contributed by atoms with Gasteiger partial charge in [0.2, 0.25) is 15.2 Å². The monoisotopic (exact) mass is 529 g/mol. The summed E-state index contributed by atoms with van der Waals surface area (Å²) in [5.41, 5.74) is 2.10. The Labute approximate surface area is 208 Å². The van der Waals surface area contributed by atoms with E-state index in [1.807, 2.05) is 18.2 Å². The van der Waals surface area contributed by atoms with Crippen molar-refractivity contribution < 1.29 is 27.9 Å². The second-order valence-electron chi connectivity index (χ2n) is 8.28. The molecule has 0 aliphatic heterocycles. The lowest BCUT2D eigenvalue weighted by Gasteiger charge is -2.36. The fourth-order valence-electron chi connectivity index (χ4n) is 3.89. The van der Waals surface area contributed by atoms with Gasteiger partial charge in [0, 0.05) is 17.6 Å². The molecular formula is C22H28ClN3O6S2. The zero-order chi connectivity index (χ0) is 24.7. The van der Waals surface area contributed by atoms with Crippen molar-refractivity contribution in [2.45, 2.75) is 54.8 Å². The van der Waals surface area contributed by atoms with Gasteiger partial charge in [0.1, 0.15) is 4.21 Å². The maximum atomic E-state index is 13.2. The average Bonchev–Trinajstić information content (AvgIpc) is 3.35. The minimum Gasteiger partial charge on any atom is -0.479 e. The van der Waals surface area contributed by atoms with Crippen LogP contribution < -0.4 is 5.32 Å². The smallest absolute Gasteiger partial charge is 0.342 e. The number of hydrogen-bond donors (Lipinski definition) is 2. The van der Waals surface area contributed by atoms with Gasteiger partial charge in [-0.25, -0.2) is 18.0 Å². The van der Waals surface area contributed by atoms with E-state index >= 15 is 0 Å². The second-order valence-corrected chi connectivity index (χ2v) is 11.8. The van der Waals surface area contributed by atoms with E-state index in [2.05, 4.69) is 17.2 Å². The van der Waals surface area contributed by atoms with Crippen LogP contribution in [-0.4, -0.2) is 60.0 Å². The molecule has 9 nitrogen and oxygen atoms in total. The molecule has 1 atom stereocenters. The molecule has 0 bridgehead atoms. The van der Waals surface area contributed by atoms with Crippen LogP contribution in [0.25, 0.3) is 0 Å². The molecule has 0 radical (unpaired) electrons. The molecular weight excluding hydrogens is 502 g/mol. The summed E-state index contributed by atoms with van der Waals surface area (Å²) in [7, 11) is -4.34. The van der Waals surface area contributed by atoms with Crippen LogP contribution in [0.5, 0.6) is 0 Å². The number of carboxylic acids is 1. The number of nitrogens with zero attached hydrogens (tertiary/aromatic N) is 2. The fraction of sp³-hybridized carbons (Fsp3) is 0.500. The highest BCUT2D eigenvalue weighted by molar-refractivity contribution is 7.94. The number of ether oxygens (including phenoxy) is 1. The number of carbonyl (C=O) groups is 2. The lowest BCUT2D eigenvalue weighted by atomic mass is 9.86. The van der Waals surface area contributed by atoms with Crippen LogP contribution in [0.4, 0.5) is 4.79 Å². The van der Waals surface area contributed by atoms with Gasteiger partial charge in [-0.05, 0) is 43.2 Å². The third-order valence-electron chi connectivity index (χ3n) is 5.86. The van der Waals surface area contributed by atoms with Crippen molar-refractivity contribution >= 4 is 44.8 Å². The maximum absolute atomic E-state index is 13.2. The summed E-state index contributed by atoms with van der Waals surface area (Å²) in [4.78, 5) is 30.2. The molecule has 1 aliphatic carbocycles. The van der Waals surface area contributed by atoms with Crippen LogP contribution in [0.1, 0.15) is 38.2 Å². The number of carboxylic acid groups (broad SMARTS) is 1. The number of benzene rings is 1. The zero-order valence-corrected chi connectivity index (χ0v) is 21.1. The van der Waals surface area contributed by atoms with Gasteiger partial charge in [-0.2, -0.15) is 0 Å². The molecule has 1 aromatic heterocycles. The molecule has 1 aromatic carbocycles. The van der Waals surface area contributed by atoms with Gasteiger partial charge in [0.15, 0.2) is 0 Å². The SMILES string of the molecule is CC1CCC(N(CCOCc2ccccc2Cl)C(=O)NC(C(=O)O)S(=O)(=O)c2cncs2)CC1. The van der Waals surface area contributed by atoms with Gasteiger partial charge < -0.3 is 20.1 Å². The molecule has 0 saturated heterocycles. The highest BCUT2D eigenvalue weighted by Gasteiger charge is 2.38. The van der Waals surface area contributed by atoms with E-state index in [4.69, 9.17) is 16.3 Å². The van der Waals surface area contributed by atoms with Crippen LogP contribution in [0.15, 0.2) is 40.2 Å². The Kier molecular flexibility index (Phi) is 9.29. The molecule has 3 rings (SSSR count). The van der Waals surface area contributed by atoms with E-state index in [0.717, 1.165) is 48.8 Å². The van der Waals surface area contributed by atoms with E-state index in [1.54, 1.807) is 6.07 Å². The first kappa shape index (κ1) is 26.4. The Balaban J connectivity index is 1.70. The van der Waals surface area contributed by atoms with Crippen molar-refractivity contribution in [2.75, 3.05) is 13.2 Å². The summed E-state index contributed by atoms with van der Waals surface area (Å²) in [6.07, 6.45) is 4.43. The Morgan fingerprint density at radius 3 is 2.62 bits per heavy atom. The van der Waals surface area contributed by atoms with E-state index in [1.165, 1.54) is 10.4 Å². The number of halogens is 1. The van der Waals surface area contributed by atoms with E-state index in [-0.39, 0.29) is 30.0 Å². The summed E-state index contributed by atoms with van der Waals surface area (Å²) in [6.45, 7) is 2.77. The predicted molar refractivity (Wildman–Crippen MR) is 128 cm³/mol. The standard InChI is InChI=1S/C22H28ClN3O6S2/c1-15-6-8-17(9-7-15)26(10-11-32-13-16-4-2-3-5-18(16)23)22(29)25-20(21(27)28)34(30,31)19-12-24-14-33-19/h2-5,12,14-15,17,20H,6-11,13H2,1H3,(H,25,29)(H,27,28). The molecule has 186 valence electrons. The quantitative estimate of drug-likeness (QED) is 0.448. The minimum absolute atomic E-state index is 0.138. The molecule has 34 heavy (non-hydrogen) atoms. The first-order valence-corrected chi connectivity index (χ1v) is 13.7. The van der Waals surface area contributed by atoms with Crippen molar-refractivity contribution in [3.05, 3.63) is 46.6 Å². The Morgan fingerprint density at radius 2 is 2.00 bits per heavy atom. The highest BCUT2D eigenvalue weighted by atomic mass is 35.5. The number of rotatable bonds is 10. The largest absolute Gasteiger partial charge is 0.479 e. The molecule has 2 aromatic rings. The Morgan fingerprint density at radius 1 is 1.29 bits per heavy atom. The van der Waals surface area contributed by atoms with E-state index < -0.39 is 27.2 Å². The number of hydrogen-bond acceptors (Lipinski definition) is 7. The molecule has 2 amide bonds. The first-order valence-electron chi connectivity index (χ1n) is 10.9. The first-order chi connectivity index (χ1) is 16.2. The number of thiazole rings is 1. The Hall–Kier alpha value is -2.21. The predicted octanol–water partition coefficient (Wildman–Crippen LogP) is 3.79. The summed E-state index contributed by atoms with van der Waals surface area (Å²) < 4.78 is 31.1. The summed E-state index contributed by atoms with van der Waals surface area (Å²) in [5.74, 6) is -1.12. The normalized spacial score (nSPS) is 19.4. The number of urea groups is 1. The minimum atomic E-state index is -4.34. The lowest BCUT2D eigenvalue weighted by Crippen LogP contribution is -2.55. The van der Waals surface area contributed by atoms with Gasteiger partial charge in [-0.3, -0.25) is 4.98 Å². The summed E-state index contributed by atoms with van der Waals surface area (Å²) in [6, 6.07) is 6.39. The third kappa shape index (κ3) is 6.68. The van der Waals surface area contributed by atoms with Crippen molar-refractivity contribution in [1.29, 1.82) is 0 Å². The maximum Gasteiger partial charge on any atom is 0.342 e. The lowest BCUT2D eigenvalue weighted by molar-refractivity contribution is -0.137. The van der Waals surface area contributed by atoms with Crippen LogP contribution in [0.2, 0.25) is 5.02 Å². The highest BCUT2D eigenvalue weighted by Crippen LogP contribution is 2.28. The van der Waals surface area contributed by atoms with Crippen molar-refractivity contribution in [3.63, 3.8) is 0 Å². The van der Waals surface area contributed by atoms with Crippen LogP contribution in [0.3, 0.4) is 0 Å². The molecule has 1 heterocycles. The molecule has 1 unspecified atom stereocenters. The molecule has 12 heteroatoms. The number of aliphatic carboxylic acids is 1. The average molecular weight is 530 g/mol. The molecule has 1 saturated carbocycles. The van der Waals surface area contributed by atoms with Crippen LogP contribution >= 0.6 is 22.9 Å². The number of amides is 2. The second kappa shape index (κ2) is 12.0. The van der Waals surface area contributed by atoms with Gasteiger partial charge in [0.25, 0.3) is 0 Å². The van der Waals surface area contributed by atoms with Crippen LogP contribution in [0, 0.1) is 5.92 Å². The van der Waals surface area contributed by atoms with E-state index in [0.29, 0.717) is 10.9 Å². The summed E-state index contributed by atoms with van der Waals surface area (Å²) >= 11 is 6.95. The number of sulfone groups is 1. The van der Waals surface area contributed by atoms with Crippen molar-refractivity contribution in [1.82, 2.24) is 15.2 Å². The van der Waals surface area contributed by atoms with Crippen LogP contribution in [-0.2, 0) is 26.0 Å². The van der Waals surface area contributed by atoms with Gasteiger partial charge in [-0.1, -0.05) is 36.7 Å². The van der Waals surface area contributed by atoms with Gasteiger partial charge in [0.05, 0.1) is 24.9 Å². The topological polar surface area (TPSA) is 126 Å². The van der Waals surface area contributed by atoms with E-state index in [9.17, 15) is 23.1 Å². The number of aromatic nitrogens is 1. The Bertz CT molecular complexity index is 1070. The van der Waals surface area contributed by atoms with Crippen molar-refractivity contribution in [2.24, 2.45) is 5.92 Å². The molecule has 2 N–H and O–H groups in total.